The number of benzene rings is 2. The second kappa shape index (κ2) is 6.60. The average molecular weight is 248 g/mol. The number of hydrogen-bond donors (Lipinski definition) is 3. The van der Waals surface area contributed by atoms with Gasteiger partial charge >= 0.3 is 0 Å². The van der Waals surface area contributed by atoms with Crippen molar-refractivity contribution in [1.29, 1.82) is 0 Å². The van der Waals surface area contributed by atoms with Crippen LogP contribution in [0.2, 0.25) is 0 Å². The van der Waals surface area contributed by atoms with E-state index in [0.29, 0.717) is 5.56 Å². The second-order valence-corrected chi connectivity index (χ2v) is 3.59. The van der Waals surface area contributed by atoms with Crippen molar-refractivity contribution in [2.75, 3.05) is 0 Å². The summed E-state index contributed by atoms with van der Waals surface area (Å²) >= 11 is 3.65. The van der Waals surface area contributed by atoms with Crippen molar-refractivity contribution in [2.45, 2.75) is 0 Å². The van der Waals surface area contributed by atoms with Gasteiger partial charge in [-0.25, -0.2) is 0 Å². The molecule has 0 aliphatic rings. The van der Waals surface area contributed by atoms with Crippen LogP contribution >= 0.6 is 12.6 Å². The molecule has 0 saturated heterocycles. The van der Waals surface area contributed by atoms with E-state index in [2.05, 4.69) is 12.6 Å². The summed E-state index contributed by atoms with van der Waals surface area (Å²) in [6.45, 7) is 0. The summed E-state index contributed by atoms with van der Waals surface area (Å²) in [5.41, 5.74) is 0.640. The van der Waals surface area contributed by atoms with Crippen LogP contribution < -0.4 is 0 Å². The zero-order valence-corrected chi connectivity index (χ0v) is 9.84. The van der Waals surface area contributed by atoms with Gasteiger partial charge in [0, 0.05) is 5.56 Å². The second-order valence-electron chi connectivity index (χ2n) is 3.19. The highest BCUT2D eigenvalue weighted by molar-refractivity contribution is 7.97. The number of carbonyl (C=O) groups excluding carboxylic acids is 1. The van der Waals surface area contributed by atoms with Gasteiger partial charge in [0.25, 0.3) is 0 Å². The first-order valence-corrected chi connectivity index (χ1v) is 5.30. The molecule has 3 nitrogen and oxygen atoms in total. The Morgan fingerprint density at radius 3 is 1.53 bits per heavy atom. The first-order valence-electron chi connectivity index (χ1n) is 4.86. The molecule has 4 heteroatoms. The number of aromatic hydroxyl groups is 2. The minimum Gasteiger partial charge on any atom is -0.508 e. The fourth-order valence-corrected chi connectivity index (χ4v) is 1.18. The van der Waals surface area contributed by atoms with Crippen LogP contribution in [0, 0.1) is 0 Å². The van der Waals surface area contributed by atoms with Crippen LogP contribution in [0.4, 0.5) is 0 Å². The molecule has 0 radical (unpaired) electrons. The van der Waals surface area contributed by atoms with E-state index in [1.807, 2.05) is 18.2 Å². The van der Waals surface area contributed by atoms with Crippen LogP contribution in [-0.4, -0.2) is 15.3 Å². The van der Waals surface area contributed by atoms with Crippen LogP contribution in [0.5, 0.6) is 11.5 Å². The van der Waals surface area contributed by atoms with Gasteiger partial charge in [-0.05, 0) is 24.3 Å². The van der Waals surface area contributed by atoms with Crippen molar-refractivity contribution in [3.05, 3.63) is 60.2 Å². The summed E-state index contributed by atoms with van der Waals surface area (Å²) in [5.74, 6) is 0.339. The molecule has 0 bridgehead atoms. The fraction of sp³-hybridized carbons (Fsp3) is 0. The molecule has 17 heavy (non-hydrogen) atoms. The summed E-state index contributed by atoms with van der Waals surface area (Å²) in [5, 5.41) is 17.1. The van der Waals surface area contributed by atoms with Crippen LogP contribution in [0.25, 0.3) is 0 Å². The summed E-state index contributed by atoms with van der Waals surface area (Å²) < 4.78 is 0. The van der Waals surface area contributed by atoms with E-state index in [-0.39, 0.29) is 16.6 Å². The lowest BCUT2D eigenvalue weighted by Crippen LogP contribution is -1.84. The smallest absolute Gasteiger partial charge is 0.216 e. The van der Waals surface area contributed by atoms with Gasteiger partial charge in [0.05, 0.1) is 0 Å². The zero-order valence-electron chi connectivity index (χ0n) is 8.95. The van der Waals surface area contributed by atoms with Crippen molar-refractivity contribution in [2.24, 2.45) is 0 Å². The highest BCUT2D eigenvalue weighted by Crippen LogP contribution is 2.13. The molecule has 0 unspecified atom stereocenters. The standard InChI is InChI=1S/C7H6OS.C6H6O2/c8-7(9)6-4-2-1-3-5-6;7-5-1-2-6(8)4-3-5/h1-5H,(H,8,9);1-4,7-8H. The molecule has 2 N–H and O–H groups in total. The Morgan fingerprint density at radius 1 is 0.824 bits per heavy atom. The maximum Gasteiger partial charge on any atom is 0.216 e. The van der Waals surface area contributed by atoms with E-state index in [0.717, 1.165) is 0 Å². The minimum absolute atomic E-state index is 0.169. The molecule has 2 aromatic carbocycles. The van der Waals surface area contributed by atoms with Crippen molar-refractivity contribution in [3.63, 3.8) is 0 Å². The van der Waals surface area contributed by atoms with Crippen molar-refractivity contribution < 1.29 is 15.0 Å². The third-order valence-corrected chi connectivity index (χ3v) is 2.13. The molecule has 0 amide bonds. The molecule has 0 aliphatic heterocycles. The van der Waals surface area contributed by atoms with E-state index in [4.69, 9.17) is 10.2 Å². The maximum atomic E-state index is 10.5. The molecule has 0 atom stereocenters. The third kappa shape index (κ3) is 5.08. The lowest BCUT2D eigenvalue weighted by Gasteiger charge is -1.88. The first-order chi connectivity index (χ1) is 8.09. The van der Waals surface area contributed by atoms with Gasteiger partial charge in [0.15, 0.2) is 0 Å². The summed E-state index contributed by atoms with van der Waals surface area (Å²) in [7, 11) is 0. The van der Waals surface area contributed by atoms with E-state index in [1.165, 1.54) is 24.3 Å². The first kappa shape index (κ1) is 13.1. The van der Waals surface area contributed by atoms with Gasteiger partial charge in [0.1, 0.15) is 11.5 Å². The van der Waals surface area contributed by atoms with Gasteiger partial charge in [-0.15, -0.1) is 12.6 Å². The number of thiol groups is 1. The van der Waals surface area contributed by atoms with Crippen molar-refractivity contribution in [3.8, 4) is 11.5 Å². The summed E-state index contributed by atoms with van der Waals surface area (Å²) in [6, 6.07) is 14.6. The Balaban J connectivity index is 0.000000171. The Labute approximate surface area is 105 Å². The van der Waals surface area contributed by atoms with E-state index in [1.54, 1.807) is 12.1 Å². The molecule has 0 fully saturated rings. The van der Waals surface area contributed by atoms with Crippen LogP contribution in [0.3, 0.4) is 0 Å². The summed E-state index contributed by atoms with van der Waals surface area (Å²) in [6.07, 6.45) is 0. The molecule has 0 spiro atoms. The molecule has 0 aliphatic carbocycles. The van der Waals surface area contributed by atoms with Gasteiger partial charge < -0.3 is 10.2 Å². The largest absolute Gasteiger partial charge is 0.508 e. The van der Waals surface area contributed by atoms with Gasteiger partial charge in [-0.1, -0.05) is 30.3 Å². The Kier molecular flexibility index (Phi) is 5.10. The topological polar surface area (TPSA) is 57.5 Å². The molecule has 0 aromatic heterocycles. The predicted molar refractivity (Wildman–Crippen MR) is 69.5 cm³/mol. The van der Waals surface area contributed by atoms with E-state index in [9.17, 15) is 4.79 Å². The lowest BCUT2D eigenvalue weighted by molar-refractivity contribution is 0.109. The third-order valence-electron chi connectivity index (χ3n) is 1.87. The molecular weight excluding hydrogens is 236 g/mol. The molecule has 88 valence electrons. The van der Waals surface area contributed by atoms with E-state index < -0.39 is 0 Å². The fourth-order valence-electron chi connectivity index (χ4n) is 1.03. The Bertz CT molecular complexity index is 445. The maximum absolute atomic E-state index is 10.5. The Hall–Kier alpha value is -1.94. The average Bonchev–Trinajstić information content (AvgIpc) is 2.35. The lowest BCUT2D eigenvalue weighted by atomic mass is 10.2. The number of phenols is 2. The molecule has 0 heterocycles. The predicted octanol–water partition coefficient (Wildman–Crippen LogP) is 2.85. The Morgan fingerprint density at radius 2 is 1.24 bits per heavy atom. The molecule has 0 saturated carbocycles. The van der Waals surface area contributed by atoms with Crippen molar-refractivity contribution >= 4 is 17.7 Å². The highest BCUT2D eigenvalue weighted by atomic mass is 32.1. The monoisotopic (exact) mass is 248 g/mol. The molecule has 2 rings (SSSR count). The quantitative estimate of drug-likeness (QED) is 0.537. The number of rotatable bonds is 1. The number of carbonyl (C=O) groups is 1. The van der Waals surface area contributed by atoms with Crippen LogP contribution in [0.15, 0.2) is 54.6 Å². The zero-order chi connectivity index (χ0) is 12.7. The molecular formula is C13H12O3S. The highest BCUT2D eigenvalue weighted by Gasteiger charge is 1.94. The van der Waals surface area contributed by atoms with E-state index >= 15 is 0 Å². The van der Waals surface area contributed by atoms with Gasteiger partial charge in [-0.3, -0.25) is 4.79 Å². The van der Waals surface area contributed by atoms with Crippen LogP contribution in [0.1, 0.15) is 10.4 Å². The normalized spacial score (nSPS) is 9.00. The van der Waals surface area contributed by atoms with Gasteiger partial charge in [-0.2, -0.15) is 0 Å². The van der Waals surface area contributed by atoms with Crippen LogP contribution in [-0.2, 0) is 0 Å². The minimum atomic E-state index is -0.185. The number of hydrogen-bond acceptors (Lipinski definition) is 3. The van der Waals surface area contributed by atoms with Gasteiger partial charge in [0.2, 0.25) is 5.12 Å². The molecule has 2 aromatic rings. The van der Waals surface area contributed by atoms with Crippen molar-refractivity contribution in [1.82, 2.24) is 0 Å². The summed E-state index contributed by atoms with van der Waals surface area (Å²) in [4.78, 5) is 10.5. The SMILES string of the molecule is O=C(S)c1ccccc1.Oc1ccc(O)cc1. The number of phenolic OH excluding ortho intramolecular Hbond substituents is 2.